The molecule has 0 bridgehead atoms. The van der Waals surface area contributed by atoms with Gasteiger partial charge in [0.05, 0.1) is 12.2 Å². The van der Waals surface area contributed by atoms with E-state index in [9.17, 15) is 5.11 Å². The third-order valence-electron chi connectivity index (χ3n) is 3.51. The molecule has 0 aromatic heterocycles. The number of hydrogen-bond acceptors (Lipinski definition) is 2. The molecule has 1 heterocycles. The molecule has 0 aromatic carbocycles. The largest absolute Gasteiger partial charge is 0.389 e. The van der Waals surface area contributed by atoms with Crippen molar-refractivity contribution in [3.63, 3.8) is 0 Å². The third-order valence-corrected chi connectivity index (χ3v) is 3.51. The first kappa shape index (κ1) is 8.27. The summed E-state index contributed by atoms with van der Waals surface area (Å²) in [4.78, 5) is 0. The number of aliphatic hydroxyl groups excluding tert-OH is 1. The van der Waals surface area contributed by atoms with Crippen molar-refractivity contribution in [3.05, 3.63) is 12.2 Å². The lowest BCUT2D eigenvalue weighted by Crippen LogP contribution is -2.41. The first-order valence-electron chi connectivity index (χ1n) is 4.55. The summed E-state index contributed by atoms with van der Waals surface area (Å²) in [5.74, 6) is 0. The minimum atomic E-state index is -0.339. The minimum Gasteiger partial charge on any atom is -0.389 e. The van der Waals surface area contributed by atoms with E-state index in [0.717, 1.165) is 18.4 Å². The van der Waals surface area contributed by atoms with Gasteiger partial charge < -0.3 is 9.84 Å². The van der Waals surface area contributed by atoms with Gasteiger partial charge in [0.15, 0.2) is 0 Å². The van der Waals surface area contributed by atoms with Gasteiger partial charge >= 0.3 is 0 Å². The van der Waals surface area contributed by atoms with Crippen LogP contribution in [0, 0.1) is 5.41 Å². The van der Waals surface area contributed by atoms with Gasteiger partial charge in [-0.25, -0.2) is 0 Å². The van der Waals surface area contributed by atoms with Gasteiger partial charge in [0.25, 0.3) is 0 Å². The Labute approximate surface area is 73.2 Å². The van der Waals surface area contributed by atoms with E-state index in [1.807, 2.05) is 6.92 Å². The number of aliphatic hydroxyl groups is 1. The molecule has 68 valence electrons. The zero-order chi connectivity index (χ0) is 8.93. The molecule has 1 saturated heterocycles. The van der Waals surface area contributed by atoms with Crippen LogP contribution >= 0.6 is 0 Å². The lowest BCUT2D eigenvalue weighted by Gasteiger charge is -2.37. The van der Waals surface area contributed by atoms with Crippen molar-refractivity contribution < 1.29 is 9.84 Å². The predicted octanol–water partition coefficient (Wildman–Crippen LogP) is 1.49. The molecule has 2 rings (SSSR count). The Morgan fingerprint density at radius 3 is 2.92 bits per heavy atom. The van der Waals surface area contributed by atoms with E-state index >= 15 is 0 Å². The maximum absolute atomic E-state index is 9.92. The Kier molecular flexibility index (Phi) is 1.61. The molecule has 1 aliphatic carbocycles. The summed E-state index contributed by atoms with van der Waals surface area (Å²) in [5.41, 5.74) is 0.960. The van der Waals surface area contributed by atoms with Crippen LogP contribution in [0.15, 0.2) is 12.2 Å². The second-order valence-corrected chi connectivity index (χ2v) is 4.32. The average molecular weight is 168 g/mol. The molecule has 0 spiro atoms. The second-order valence-electron chi connectivity index (χ2n) is 4.32. The molecule has 1 saturated carbocycles. The maximum atomic E-state index is 9.92. The molecule has 2 nitrogen and oxygen atoms in total. The lowest BCUT2D eigenvalue weighted by atomic mass is 9.69. The van der Waals surface area contributed by atoms with Gasteiger partial charge in [-0.1, -0.05) is 19.1 Å². The van der Waals surface area contributed by atoms with E-state index in [4.69, 9.17) is 4.74 Å². The molecule has 4 atom stereocenters. The van der Waals surface area contributed by atoms with Gasteiger partial charge in [-0.2, -0.15) is 0 Å². The molecule has 2 fully saturated rings. The molecule has 0 aromatic rings. The molecule has 1 N–H and O–H groups in total. The van der Waals surface area contributed by atoms with Crippen LogP contribution < -0.4 is 0 Å². The number of fused-ring (bicyclic) bond motifs is 1. The molecule has 1 aliphatic heterocycles. The van der Waals surface area contributed by atoms with Crippen molar-refractivity contribution in [1.82, 2.24) is 0 Å². The quantitative estimate of drug-likeness (QED) is 0.475. The molecule has 0 radical (unpaired) electrons. The smallest absolute Gasteiger partial charge is 0.111 e. The summed E-state index contributed by atoms with van der Waals surface area (Å²) >= 11 is 0. The monoisotopic (exact) mass is 168 g/mol. The second kappa shape index (κ2) is 2.33. The number of hydrogen-bond donors (Lipinski definition) is 1. The van der Waals surface area contributed by atoms with E-state index in [0.29, 0.717) is 6.10 Å². The van der Waals surface area contributed by atoms with Crippen molar-refractivity contribution in [1.29, 1.82) is 0 Å². The first-order chi connectivity index (χ1) is 5.55. The fourth-order valence-electron chi connectivity index (χ4n) is 2.08. The van der Waals surface area contributed by atoms with E-state index in [1.165, 1.54) is 0 Å². The summed E-state index contributed by atoms with van der Waals surface area (Å²) in [7, 11) is 0. The highest BCUT2D eigenvalue weighted by Crippen LogP contribution is 2.49. The van der Waals surface area contributed by atoms with Crippen molar-refractivity contribution >= 4 is 0 Å². The van der Waals surface area contributed by atoms with Gasteiger partial charge in [0.2, 0.25) is 0 Å². The highest BCUT2D eigenvalue weighted by Gasteiger charge is 2.55. The zero-order valence-electron chi connectivity index (χ0n) is 7.71. The van der Waals surface area contributed by atoms with Gasteiger partial charge in [-0.3, -0.25) is 0 Å². The summed E-state index contributed by atoms with van der Waals surface area (Å²) in [6, 6.07) is 0. The Bertz CT molecular complexity index is 224. The molecular weight excluding hydrogens is 152 g/mol. The Hall–Kier alpha value is -0.340. The fraction of sp³-hybridized carbons (Fsp3) is 0.800. The highest BCUT2D eigenvalue weighted by molar-refractivity contribution is 5.16. The number of ether oxygens (including phenoxy) is 1. The van der Waals surface area contributed by atoms with Gasteiger partial charge in [-0.05, 0) is 19.8 Å². The Morgan fingerprint density at radius 2 is 2.33 bits per heavy atom. The first-order valence-corrected chi connectivity index (χ1v) is 4.55. The number of epoxide rings is 1. The molecule has 2 aliphatic rings. The summed E-state index contributed by atoms with van der Waals surface area (Å²) in [6.45, 7) is 8.01. The fourth-order valence-corrected chi connectivity index (χ4v) is 2.08. The van der Waals surface area contributed by atoms with E-state index < -0.39 is 0 Å². The van der Waals surface area contributed by atoms with Crippen LogP contribution in [0.4, 0.5) is 0 Å². The minimum absolute atomic E-state index is 0.0976. The van der Waals surface area contributed by atoms with Crippen molar-refractivity contribution in [2.45, 2.75) is 45.0 Å². The summed E-state index contributed by atoms with van der Waals surface area (Å²) in [6.07, 6.45) is 2.18. The summed E-state index contributed by atoms with van der Waals surface area (Å²) < 4.78 is 5.34. The molecule has 2 heteroatoms. The van der Waals surface area contributed by atoms with Crippen LogP contribution in [0.25, 0.3) is 0 Å². The van der Waals surface area contributed by atoms with Crippen LogP contribution in [-0.2, 0) is 4.74 Å². The molecular formula is C10H16O2. The molecule has 12 heavy (non-hydrogen) atoms. The van der Waals surface area contributed by atoms with Crippen LogP contribution in [0.2, 0.25) is 0 Å². The predicted molar refractivity (Wildman–Crippen MR) is 46.8 cm³/mol. The molecule has 4 unspecified atom stereocenters. The SMILES string of the molecule is C=C(C)C1(C)CCC2OC2C1O. The van der Waals surface area contributed by atoms with Crippen LogP contribution in [-0.4, -0.2) is 23.4 Å². The van der Waals surface area contributed by atoms with Crippen LogP contribution in [0.3, 0.4) is 0 Å². The van der Waals surface area contributed by atoms with E-state index in [1.54, 1.807) is 0 Å². The van der Waals surface area contributed by atoms with Crippen molar-refractivity contribution in [2.24, 2.45) is 5.41 Å². The summed E-state index contributed by atoms with van der Waals surface area (Å²) in [5, 5.41) is 9.92. The average Bonchev–Trinajstić information content (AvgIpc) is 2.76. The van der Waals surface area contributed by atoms with Gasteiger partial charge in [0, 0.05) is 5.41 Å². The van der Waals surface area contributed by atoms with Crippen LogP contribution in [0.1, 0.15) is 26.7 Å². The van der Waals surface area contributed by atoms with Crippen molar-refractivity contribution in [3.8, 4) is 0 Å². The van der Waals surface area contributed by atoms with Crippen molar-refractivity contribution in [2.75, 3.05) is 0 Å². The standard InChI is InChI=1S/C10H16O2/c1-6(2)10(3)5-4-7-8(12-7)9(10)11/h7-9,11H,1,4-5H2,2-3H3. The normalized spacial score (nSPS) is 51.4. The molecule has 0 amide bonds. The van der Waals surface area contributed by atoms with E-state index in [-0.39, 0.29) is 17.6 Å². The zero-order valence-corrected chi connectivity index (χ0v) is 7.71. The maximum Gasteiger partial charge on any atom is 0.111 e. The number of rotatable bonds is 1. The lowest BCUT2D eigenvalue weighted by molar-refractivity contribution is 0.0283. The Morgan fingerprint density at radius 1 is 1.67 bits per heavy atom. The third kappa shape index (κ3) is 0.947. The van der Waals surface area contributed by atoms with Gasteiger partial charge in [0.1, 0.15) is 6.10 Å². The van der Waals surface area contributed by atoms with E-state index in [2.05, 4.69) is 13.5 Å². The topological polar surface area (TPSA) is 32.8 Å². The van der Waals surface area contributed by atoms with Gasteiger partial charge in [-0.15, -0.1) is 0 Å². The Balaban J connectivity index is 2.19. The van der Waals surface area contributed by atoms with Crippen LogP contribution in [0.5, 0.6) is 0 Å². The highest BCUT2D eigenvalue weighted by atomic mass is 16.6.